The first-order valence-corrected chi connectivity index (χ1v) is 5.11. The number of anilines is 1. The summed E-state index contributed by atoms with van der Waals surface area (Å²) in [6, 6.07) is 8.86. The minimum absolute atomic E-state index is 0.199. The van der Waals surface area contributed by atoms with Crippen molar-refractivity contribution in [3.8, 4) is 0 Å². The zero-order valence-corrected chi connectivity index (χ0v) is 9.30. The van der Waals surface area contributed by atoms with E-state index in [4.69, 9.17) is 0 Å². The Balaban J connectivity index is 2.07. The highest BCUT2D eigenvalue weighted by Gasteiger charge is 2.25. The number of urea groups is 1. The molecule has 0 spiro atoms. The summed E-state index contributed by atoms with van der Waals surface area (Å²) < 4.78 is 0. The second-order valence-corrected chi connectivity index (χ2v) is 3.65. The zero-order valence-electron chi connectivity index (χ0n) is 9.30. The molecule has 1 saturated heterocycles. The first-order valence-electron chi connectivity index (χ1n) is 5.11. The molecule has 3 amide bonds. The molecule has 1 aromatic carbocycles. The van der Waals surface area contributed by atoms with Crippen molar-refractivity contribution in [3.63, 3.8) is 0 Å². The lowest BCUT2D eigenvalue weighted by atomic mass is 10.3. The van der Waals surface area contributed by atoms with Gasteiger partial charge in [-0.25, -0.2) is 4.79 Å². The standard InChI is InChI=1S/C11H12N4O2/c1-15-7-9(10(16)12-11(15)17)14-13-8-5-3-2-4-6-8/h2-6,13H,7H2,1H3,(H,12,16,17)/b14-9+. The predicted molar refractivity (Wildman–Crippen MR) is 63.7 cm³/mol. The molecule has 1 aromatic rings. The molecule has 1 aliphatic heterocycles. The number of hydrogen-bond acceptors (Lipinski definition) is 4. The maximum atomic E-state index is 11.4. The monoisotopic (exact) mass is 232 g/mol. The molecule has 2 N–H and O–H groups in total. The number of hydrazone groups is 1. The summed E-state index contributed by atoms with van der Waals surface area (Å²) in [4.78, 5) is 24.0. The summed E-state index contributed by atoms with van der Waals surface area (Å²) in [6.07, 6.45) is 0. The van der Waals surface area contributed by atoms with E-state index in [9.17, 15) is 9.59 Å². The Morgan fingerprint density at radius 1 is 1.29 bits per heavy atom. The number of nitrogens with zero attached hydrogens (tertiary/aromatic N) is 2. The van der Waals surface area contributed by atoms with Crippen molar-refractivity contribution in [2.24, 2.45) is 5.10 Å². The van der Waals surface area contributed by atoms with Crippen LogP contribution in [0.4, 0.5) is 10.5 Å². The van der Waals surface area contributed by atoms with Crippen LogP contribution in [-0.2, 0) is 4.79 Å². The number of imide groups is 1. The average Bonchev–Trinajstić information content (AvgIpc) is 2.33. The highest BCUT2D eigenvalue weighted by atomic mass is 16.2. The minimum atomic E-state index is -0.462. The van der Waals surface area contributed by atoms with E-state index >= 15 is 0 Å². The highest BCUT2D eigenvalue weighted by Crippen LogP contribution is 2.05. The maximum absolute atomic E-state index is 11.4. The second-order valence-electron chi connectivity index (χ2n) is 3.65. The van der Waals surface area contributed by atoms with E-state index < -0.39 is 11.9 Å². The molecule has 88 valence electrons. The van der Waals surface area contributed by atoms with Gasteiger partial charge in [-0.1, -0.05) is 18.2 Å². The molecule has 1 heterocycles. The van der Waals surface area contributed by atoms with Crippen molar-refractivity contribution in [2.45, 2.75) is 0 Å². The number of nitrogens with one attached hydrogen (secondary N) is 2. The van der Waals surface area contributed by atoms with Gasteiger partial charge in [0.25, 0.3) is 5.91 Å². The van der Waals surface area contributed by atoms with Crippen LogP contribution in [0.25, 0.3) is 0 Å². The minimum Gasteiger partial charge on any atom is -0.321 e. The van der Waals surface area contributed by atoms with Gasteiger partial charge in [0.1, 0.15) is 5.71 Å². The van der Waals surface area contributed by atoms with Crippen molar-refractivity contribution < 1.29 is 9.59 Å². The topological polar surface area (TPSA) is 73.8 Å². The van der Waals surface area contributed by atoms with E-state index in [1.807, 2.05) is 30.3 Å². The molecule has 0 unspecified atom stereocenters. The van der Waals surface area contributed by atoms with E-state index in [1.54, 1.807) is 7.05 Å². The third-order valence-electron chi connectivity index (χ3n) is 2.31. The SMILES string of the molecule is CN1C/C(=N\Nc2ccccc2)C(=O)NC1=O. The van der Waals surface area contributed by atoms with E-state index in [2.05, 4.69) is 15.8 Å². The van der Waals surface area contributed by atoms with Gasteiger partial charge >= 0.3 is 6.03 Å². The molecule has 0 bridgehead atoms. The molecular formula is C11H12N4O2. The van der Waals surface area contributed by atoms with Crippen molar-refractivity contribution >= 4 is 23.3 Å². The Labute approximate surface area is 98.3 Å². The summed E-state index contributed by atoms with van der Waals surface area (Å²) in [5, 5.41) is 6.17. The Morgan fingerprint density at radius 2 is 2.00 bits per heavy atom. The summed E-state index contributed by atoms with van der Waals surface area (Å²) >= 11 is 0. The number of benzene rings is 1. The Hall–Kier alpha value is -2.37. The summed E-state index contributed by atoms with van der Waals surface area (Å²) in [5.74, 6) is -0.462. The van der Waals surface area contributed by atoms with Gasteiger partial charge in [-0.05, 0) is 12.1 Å². The van der Waals surface area contributed by atoms with Gasteiger partial charge in [0.15, 0.2) is 0 Å². The number of hydrogen-bond donors (Lipinski definition) is 2. The quantitative estimate of drug-likeness (QED) is 0.735. The van der Waals surface area contributed by atoms with E-state index in [1.165, 1.54) is 4.90 Å². The molecule has 1 aliphatic rings. The maximum Gasteiger partial charge on any atom is 0.324 e. The van der Waals surface area contributed by atoms with Crippen molar-refractivity contribution in [3.05, 3.63) is 30.3 Å². The third kappa shape index (κ3) is 2.60. The van der Waals surface area contributed by atoms with Crippen LogP contribution in [0.1, 0.15) is 0 Å². The summed E-state index contributed by atoms with van der Waals surface area (Å²) in [5.41, 5.74) is 3.83. The lowest BCUT2D eigenvalue weighted by Crippen LogP contribution is -2.53. The van der Waals surface area contributed by atoms with Gasteiger partial charge in [-0.2, -0.15) is 5.10 Å². The molecule has 0 radical (unpaired) electrons. The van der Waals surface area contributed by atoms with Crippen molar-refractivity contribution in [2.75, 3.05) is 19.0 Å². The number of carbonyl (C=O) groups excluding carboxylic acids is 2. The molecule has 17 heavy (non-hydrogen) atoms. The van der Waals surface area contributed by atoms with Gasteiger partial charge in [0.05, 0.1) is 12.2 Å². The van der Waals surface area contributed by atoms with Crippen molar-refractivity contribution in [1.82, 2.24) is 10.2 Å². The van der Waals surface area contributed by atoms with Gasteiger partial charge in [0, 0.05) is 7.05 Å². The van der Waals surface area contributed by atoms with Crippen molar-refractivity contribution in [1.29, 1.82) is 0 Å². The molecule has 2 rings (SSSR count). The Kier molecular flexibility index (Phi) is 3.04. The first-order chi connectivity index (χ1) is 8.16. The molecule has 0 atom stereocenters. The fraction of sp³-hybridized carbons (Fsp3) is 0.182. The normalized spacial score (nSPS) is 18.2. The van der Waals surface area contributed by atoms with Gasteiger partial charge in [-0.3, -0.25) is 15.5 Å². The largest absolute Gasteiger partial charge is 0.324 e. The van der Waals surface area contributed by atoms with E-state index in [0.29, 0.717) is 0 Å². The molecule has 0 aromatic heterocycles. The summed E-state index contributed by atoms with van der Waals surface area (Å²) in [6.45, 7) is 0.199. The molecule has 0 aliphatic carbocycles. The van der Waals surface area contributed by atoms with E-state index in [-0.39, 0.29) is 12.3 Å². The summed E-state index contributed by atoms with van der Waals surface area (Å²) in [7, 11) is 1.60. The molecule has 1 fully saturated rings. The fourth-order valence-electron chi connectivity index (χ4n) is 1.36. The lowest BCUT2D eigenvalue weighted by molar-refractivity contribution is -0.114. The number of rotatable bonds is 2. The average molecular weight is 232 g/mol. The van der Waals surface area contributed by atoms with Crippen LogP contribution in [0.2, 0.25) is 0 Å². The molecule has 0 saturated carbocycles. The highest BCUT2D eigenvalue weighted by molar-refractivity contribution is 6.43. The number of para-hydroxylation sites is 1. The van der Waals surface area contributed by atoms with Crippen LogP contribution in [0.15, 0.2) is 35.4 Å². The van der Waals surface area contributed by atoms with E-state index in [0.717, 1.165) is 5.69 Å². The van der Waals surface area contributed by atoms with Crippen LogP contribution in [0.5, 0.6) is 0 Å². The van der Waals surface area contributed by atoms with Gasteiger partial charge in [-0.15, -0.1) is 0 Å². The smallest absolute Gasteiger partial charge is 0.321 e. The van der Waals surface area contributed by atoms with Crippen LogP contribution >= 0.6 is 0 Å². The predicted octanol–water partition coefficient (Wildman–Crippen LogP) is 0.636. The molecule has 6 nitrogen and oxygen atoms in total. The van der Waals surface area contributed by atoms with Crippen LogP contribution < -0.4 is 10.7 Å². The molecule has 6 heteroatoms. The Morgan fingerprint density at radius 3 is 2.71 bits per heavy atom. The van der Waals surface area contributed by atoms with Gasteiger partial charge in [0.2, 0.25) is 0 Å². The Bertz CT molecular complexity index is 470. The van der Waals surface area contributed by atoms with Gasteiger partial charge < -0.3 is 4.90 Å². The third-order valence-corrected chi connectivity index (χ3v) is 2.31. The lowest BCUT2D eigenvalue weighted by Gasteiger charge is -2.23. The van der Waals surface area contributed by atoms with Crippen LogP contribution in [-0.4, -0.2) is 36.1 Å². The first kappa shape index (κ1) is 11.1. The van der Waals surface area contributed by atoms with Crippen LogP contribution in [0, 0.1) is 0 Å². The number of amides is 3. The molecular weight excluding hydrogens is 220 g/mol. The second kappa shape index (κ2) is 4.65. The zero-order chi connectivity index (χ0) is 12.3. The van der Waals surface area contributed by atoms with Crippen LogP contribution in [0.3, 0.4) is 0 Å². The fourth-order valence-corrected chi connectivity index (χ4v) is 1.36. The number of carbonyl (C=O) groups is 2.